The highest BCUT2D eigenvalue weighted by molar-refractivity contribution is 8.13. The zero-order chi connectivity index (χ0) is 11.3. The standard InChI is InChI=1S/C9H11ClN2O2S/c1-6(13)15-4-3-7-5-11-9(10)12-8(7)14-2/h5H,3-4H2,1-2H3. The predicted octanol–water partition coefficient (Wildman–Crippen LogP) is 1.96. The lowest BCUT2D eigenvalue weighted by atomic mass is 10.2. The summed E-state index contributed by atoms with van der Waals surface area (Å²) in [7, 11) is 1.53. The normalized spacial score (nSPS) is 10.1. The molecular weight excluding hydrogens is 236 g/mol. The maximum absolute atomic E-state index is 10.7. The summed E-state index contributed by atoms with van der Waals surface area (Å²) in [6.07, 6.45) is 2.31. The minimum Gasteiger partial charge on any atom is -0.481 e. The molecule has 82 valence electrons. The van der Waals surface area contributed by atoms with Crippen LogP contribution in [0.5, 0.6) is 5.88 Å². The van der Waals surface area contributed by atoms with E-state index in [1.165, 1.54) is 18.9 Å². The first kappa shape index (κ1) is 12.3. The lowest BCUT2D eigenvalue weighted by Crippen LogP contribution is -1.99. The molecule has 0 unspecified atom stereocenters. The number of ether oxygens (including phenoxy) is 1. The van der Waals surface area contributed by atoms with E-state index in [1.807, 2.05) is 0 Å². The van der Waals surface area contributed by atoms with Crippen LogP contribution < -0.4 is 4.74 Å². The van der Waals surface area contributed by atoms with Crippen molar-refractivity contribution in [2.45, 2.75) is 13.3 Å². The summed E-state index contributed by atoms with van der Waals surface area (Å²) in [6.45, 7) is 1.54. The van der Waals surface area contributed by atoms with Crippen molar-refractivity contribution in [3.05, 3.63) is 17.0 Å². The van der Waals surface area contributed by atoms with Crippen molar-refractivity contribution in [3.8, 4) is 5.88 Å². The van der Waals surface area contributed by atoms with Gasteiger partial charge in [0.2, 0.25) is 11.2 Å². The van der Waals surface area contributed by atoms with Gasteiger partial charge in [0.25, 0.3) is 0 Å². The van der Waals surface area contributed by atoms with Crippen molar-refractivity contribution < 1.29 is 9.53 Å². The number of halogens is 1. The van der Waals surface area contributed by atoms with Gasteiger partial charge in [0.1, 0.15) is 0 Å². The van der Waals surface area contributed by atoms with Gasteiger partial charge in [-0.3, -0.25) is 4.79 Å². The Morgan fingerprint density at radius 2 is 2.40 bits per heavy atom. The third-order valence-corrected chi connectivity index (χ3v) is 2.66. The molecule has 0 saturated heterocycles. The first-order valence-corrected chi connectivity index (χ1v) is 5.68. The van der Waals surface area contributed by atoms with E-state index in [-0.39, 0.29) is 10.4 Å². The summed E-state index contributed by atoms with van der Waals surface area (Å²) in [5.74, 6) is 1.16. The number of nitrogens with zero attached hydrogens (tertiary/aromatic N) is 2. The van der Waals surface area contributed by atoms with Gasteiger partial charge in [-0.15, -0.1) is 0 Å². The predicted molar refractivity (Wildman–Crippen MR) is 60.4 cm³/mol. The summed E-state index contributed by atoms with van der Waals surface area (Å²) in [6, 6.07) is 0. The van der Waals surface area contributed by atoms with Gasteiger partial charge in [0.15, 0.2) is 5.12 Å². The third kappa shape index (κ3) is 4.05. The van der Waals surface area contributed by atoms with E-state index in [0.29, 0.717) is 18.1 Å². The molecule has 0 aliphatic carbocycles. The van der Waals surface area contributed by atoms with Crippen LogP contribution in [0.4, 0.5) is 0 Å². The molecule has 15 heavy (non-hydrogen) atoms. The molecule has 0 saturated carbocycles. The summed E-state index contributed by atoms with van der Waals surface area (Å²) in [5.41, 5.74) is 0.857. The van der Waals surface area contributed by atoms with Crippen LogP contribution >= 0.6 is 23.4 Å². The number of aromatic nitrogens is 2. The first-order valence-electron chi connectivity index (χ1n) is 4.32. The average Bonchev–Trinajstić information content (AvgIpc) is 2.19. The van der Waals surface area contributed by atoms with Gasteiger partial charge in [-0.05, 0) is 18.0 Å². The second-order valence-corrected chi connectivity index (χ2v) is 4.37. The number of hydrogen-bond donors (Lipinski definition) is 0. The Balaban J connectivity index is 2.63. The van der Waals surface area contributed by atoms with Crippen LogP contribution in [-0.4, -0.2) is 27.9 Å². The highest BCUT2D eigenvalue weighted by Gasteiger charge is 2.06. The van der Waals surface area contributed by atoms with Gasteiger partial charge >= 0.3 is 0 Å². The van der Waals surface area contributed by atoms with E-state index in [9.17, 15) is 4.79 Å². The molecule has 1 heterocycles. The van der Waals surface area contributed by atoms with E-state index in [0.717, 1.165) is 5.56 Å². The number of thioether (sulfide) groups is 1. The molecule has 0 fully saturated rings. The smallest absolute Gasteiger partial charge is 0.225 e. The molecule has 0 radical (unpaired) electrons. The largest absolute Gasteiger partial charge is 0.481 e. The fourth-order valence-corrected chi connectivity index (χ4v) is 1.76. The van der Waals surface area contributed by atoms with Gasteiger partial charge in [-0.2, -0.15) is 4.98 Å². The number of carbonyl (C=O) groups excluding carboxylic acids is 1. The van der Waals surface area contributed by atoms with Gasteiger partial charge in [-0.1, -0.05) is 11.8 Å². The summed E-state index contributed by atoms with van der Waals surface area (Å²) >= 11 is 6.89. The Kier molecular flexibility index (Phi) is 4.84. The maximum Gasteiger partial charge on any atom is 0.225 e. The molecule has 1 aromatic rings. The summed E-state index contributed by atoms with van der Waals surface area (Å²) in [4.78, 5) is 18.5. The van der Waals surface area contributed by atoms with Gasteiger partial charge in [-0.25, -0.2) is 4.98 Å². The first-order chi connectivity index (χ1) is 7.13. The maximum atomic E-state index is 10.7. The fourth-order valence-electron chi connectivity index (χ4n) is 1.02. The molecule has 0 bridgehead atoms. The van der Waals surface area contributed by atoms with Gasteiger partial charge in [0.05, 0.1) is 7.11 Å². The van der Waals surface area contributed by atoms with E-state index >= 15 is 0 Å². The molecular formula is C9H11ClN2O2S. The molecule has 0 aliphatic heterocycles. The molecule has 0 N–H and O–H groups in total. The molecule has 0 amide bonds. The quantitative estimate of drug-likeness (QED) is 0.761. The van der Waals surface area contributed by atoms with Gasteiger partial charge in [0, 0.05) is 24.4 Å². The number of aryl methyl sites for hydroxylation is 1. The van der Waals surface area contributed by atoms with E-state index < -0.39 is 0 Å². The fraction of sp³-hybridized carbons (Fsp3) is 0.444. The molecule has 0 atom stereocenters. The Morgan fingerprint density at radius 3 is 3.00 bits per heavy atom. The van der Waals surface area contributed by atoms with Crippen molar-refractivity contribution >= 4 is 28.5 Å². The number of carbonyl (C=O) groups is 1. The molecule has 1 aromatic heterocycles. The SMILES string of the molecule is COc1nc(Cl)ncc1CCSC(C)=O. The minimum atomic E-state index is 0.101. The summed E-state index contributed by atoms with van der Waals surface area (Å²) in [5, 5.41) is 0.263. The highest BCUT2D eigenvalue weighted by Crippen LogP contribution is 2.18. The Bertz CT molecular complexity index is 360. The third-order valence-electron chi connectivity index (χ3n) is 1.67. The number of methoxy groups -OCH3 is 1. The molecule has 1 rings (SSSR count). The topological polar surface area (TPSA) is 52.1 Å². The zero-order valence-corrected chi connectivity index (χ0v) is 10.1. The molecule has 0 spiro atoms. The van der Waals surface area contributed by atoms with Crippen LogP contribution in [0.3, 0.4) is 0 Å². The lowest BCUT2D eigenvalue weighted by Gasteiger charge is -2.05. The Hall–Kier alpha value is -0.810. The van der Waals surface area contributed by atoms with Crippen molar-refractivity contribution in [1.29, 1.82) is 0 Å². The minimum absolute atomic E-state index is 0.101. The van der Waals surface area contributed by atoms with E-state index in [1.54, 1.807) is 13.1 Å². The number of hydrogen-bond acceptors (Lipinski definition) is 5. The second kappa shape index (κ2) is 5.92. The summed E-state index contributed by atoms with van der Waals surface area (Å²) < 4.78 is 5.05. The van der Waals surface area contributed by atoms with Crippen LogP contribution in [0, 0.1) is 0 Å². The monoisotopic (exact) mass is 246 g/mol. The number of rotatable bonds is 4. The van der Waals surface area contributed by atoms with E-state index in [2.05, 4.69) is 9.97 Å². The molecule has 6 heteroatoms. The second-order valence-electron chi connectivity index (χ2n) is 2.76. The Morgan fingerprint density at radius 1 is 1.67 bits per heavy atom. The van der Waals surface area contributed by atoms with Crippen molar-refractivity contribution in [2.75, 3.05) is 12.9 Å². The molecule has 4 nitrogen and oxygen atoms in total. The lowest BCUT2D eigenvalue weighted by molar-refractivity contribution is -0.109. The zero-order valence-electron chi connectivity index (χ0n) is 8.49. The van der Waals surface area contributed by atoms with E-state index in [4.69, 9.17) is 16.3 Å². The molecule has 0 aliphatic rings. The van der Waals surface area contributed by atoms with Crippen LogP contribution in [0.2, 0.25) is 5.28 Å². The van der Waals surface area contributed by atoms with Crippen LogP contribution in [0.15, 0.2) is 6.20 Å². The van der Waals surface area contributed by atoms with Crippen LogP contribution in [-0.2, 0) is 11.2 Å². The van der Waals surface area contributed by atoms with Crippen LogP contribution in [0.1, 0.15) is 12.5 Å². The van der Waals surface area contributed by atoms with Crippen molar-refractivity contribution in [1.82, 2.24) is 9.97 Å². The van der Waals surface area contributed by atoms with Crippen LogP contribution in [0.25, 0.3) is 0 Å². The average molecular weight is 247 g/mol. The highest BCUT2D eigenvalue weighted by atomic mass is 35.5. The van der Waals surface area contributed by atoms with Crippen molar-refractivity contribution in [2.24, 2.45) is 0 Å². The Labute approximate surface area is 97.4 Å². The molecule has 0 aromatic carbocycles. The van der Waals surface area contributed by atoms with Gasteiger partial charge < -0.3 is 4.74 Å². The van der Waals surface area contributed by atoms with Crippen molar-refractivity contribution in [3.63, 3.8) is 0 Å².